The smallest absolute Gasteiger partial charge is 0.269 e. The molecule has 0 aliphatic heterocycles. The van der Waals surface area contributed by atoms with Crippen molar-refractivity contribution in [3.63, 3.8) is 0 Å². The van der Waals surface area contributed by atoms with Crippen LogP contribution in [0.5, 0.6) is 5.75 Å². The van der Waals surface area contributed by atoms with E-state index in [4.69, 9.17) is 10.5 Å². The third-order valence-corrected chi connectivity index (χ3v) is 4.93. The molecular weight excluding hydrogens is 367 g/mol. The Hall–Kier alpha value is -3.19. The van der Waals surface area contributed by atoms with Crippen LogP contribution in [0.3, 0.4) is 0 Å². The number of rotatable bonds is 6. The Kier molecular flexibility index (Phi) is 5.52. The van der Waals surface area contributed by atoms with Gasteiger partial charge in [-0.1, -0.05) is 30.3 Å². The van der Waals surface area contributed by atoms with E-state index in [1.807, 2.05) is 37.3 Å². The second-order valence-electron chi connectivity index (χ2n) is 5.62. The standard InChI is InChI=1S/C20H17FN2O3S/c1-2-26-16-11-17(12-6-4-3-5-7-12)27-18(16)20(25)23-15-9-8-13(19(22)24)10-14(15)21/h3-11H,2H2,1H3,(H2,22,24)(H,23,25). The number of nitrogens with two attached hydrogens (primary N) is 1. The molecule has 0 saturated carbocycles. The molecular formula is C20H17FN2O3S. The molecule has 0 aliphatic carbocycles. The molecule has 0 unspecified atom stereocenters. The van der Waals surface area contributed by atoms with Crippen molar-refractivity contribution >= 4 is 28.8 Å². The molecule has 3 N–H and O–H groups in total. The Labute approximate surface area is 159 Å². The molecule has 27 heavy (non-hydrogen) atoms. The number of amides is 2. The van der Waals surface area contributed by atoms with Gasteiger partial charge in [-0.2, -0.15) is 0 Å². The quantitative estimate of drug-likeness (QED) is 0.665. The summed E-state index contributed by atoms with van der Waals surface area (Å²) in [5.41, 5.74) is 6.08. The van der Waals surface area contributed by atoms with Crippen LogP contribution in [0.25, 0.3) is 10.4 Å². The van der Waals surface area contributed by atoms with Crippen LogP contribution < -0.4 is 15.8 Å². The number of hydrogen-bond acceptors (Lipinski definition) is 4. The molecule has 0 spiro atoms. The van der Waals surface area contributed by atoms with Gasteiger partial charge in [-0.25, -0.2) is 4.39 Å². The zero-order chi connectivity index (χ0) is 19.4. The Morgan fingerprint density at radius 2 is 1.89 bits per heavy atom. The van der Waals surface area contributed by atoms with E-state index in [0.29, 0.717) is 17.2 Å². The highest BCUT2D eigenvalue weighted by atomic mass is 32.1. The second kappa shape index (κ2) is 8.01. The first-order valence-electron chi connectivity index (χ1n) is 8.22. The summed E-state index contributed by atoms with van der Waals surface area (Å²) in [7, 11) is 0. The summed E-state index contributed by atoms with van der Waals surface area (Å²) in [4.78, 5) is 25.0. The zero-order valence-electron chi connectivity index (χ0n) is 14.5. The molecule has 2 aromatic carbocycles. The Morgan fingerprint density at radius 3 is 2.52 bits per heavy atom. The van der Waals surface area contributed by atoms with Crippen LogP contribution in [0.4, 0.5) is 10.1 Å². The predicted molar refractivity (Wildman–Crippen MR) is 104 cm³/mol. The monoisotopic (exact) mass is 384 g/mol. The summed E-state index contributed by atoms with van der Waals surface area (Å²) in [5.74, 6) is -1.53. The van der Waals surface area contributed by atoms with Gasteiger partial charge in [0.05, 0.1) is 12.3 Å². The lowest BCUT2D eigenvalue weighted by molar-refractivity contribution is 0.0998. The normalized spacial score (nSPS) is 10.4. The molecule has 0 saturated heterocycles. The first-order valence-corrected chi connectivity index (χ1v) is 9.04. The van der Waals surface area contributed by atoms with E-state index in [0.717, 1.165) is 16.5 Å². The molecule has 3 rings (SSSR count). The average Bonchev–Trinajstić information content (AvgIpc) is 3.08. The fourth-order valence-electron chi connectivity index (χ4n) is 2.49. The lowest BCUT2D eigenvalue weighted by Crippen LogP contribution is -2.15. The SMILES string of the molecule is CCOc1cc(-c2ccccc2)sc1C(=O)Nc1ccc(C(N)=O)cc1F. The van der Waals surface area contributed by atoms with E-state index in [1.165, 1.54) is 23.5 Å². The van der Waals surface area contributed by atoms with Crippen LogP contribution in [0.15, 0.2) is 54.6 Å². The third-order valence-electron chi connectivity index (χ3n) is 3.76. The Balaban J connectivity index is 1.90. The maximum absolute atomic E-state index is 14.2. The van der Waals surface area contributed by atoms with Crippen molar-refractivity contribution in [1.82, 2.24) is 0 Å². The number of ether oxygens (including phenoxy) is 1. The highest BCUT2D eigenvalue weighted by Crippen LogP contribution is 2.37. The van der Waals surface area contributed by atoms with Gasteiger partial charge in [0.25, 0.3) is 5.91 Å². The average molecular weight is 384 g/mol. The van der Waals surface area contributed by atoms with Crippen LogP contribution in [0, 0.1) is 5.82 Å². The first kappa shape index (κ1) is 18.6. The summed E-state index contributed by atoms with van der Waals surface area (Å²) < 4.78 is 19.7. The van der Waals surface area contributed by atoms with Crippen molar-refractivity contribution in [3.05, 3.63) is 70.9 Å². The summed E-state index contributed by atoms with van der Waals surface area (Å²) in [6, 6.07) is 15.0. The molecule has 0 fully saturated rings. The minimum Gasteiger partial charge on any atom is -0.492 e. The van der Waals surface area contributed by atoms with E-state index in [9.17, 15) is 14.0 Å². The van der Waals surface area contributed by atoms with Gasteiger partial charge in [-0.05, 0) is 36.8 Å². The molecule has 0 bridgehead atoms. The van der Waals surface area contributed by atoms with E-state index < -0.39 is 17.6 Å². The molecule has 2 amide bonds. The van der Waals surface area contributed by atoms with Crippen LogP contribution in [0.1, 0.15) is 27.0 Å². The number of anilines is 1. The highest BCUT2D eigenvalue weighted by molar-refractivity contribution is 7.17. The fraction of sp³-hybridized carbons (Fsp3) is 0.100. The van der Waals surface area contributed by atoms with Crippen molar-refractivity contribution in [2.45, 2.75) is 6.92 Å². The highest BCUT2D eigenvalue weighted by Gasteiger charge is 2.20. The summed E-state index contributed by atoms with van der Waals surface area (Å²) in [6.45, 7) is 2.22. The van der Waals surface area contributed by atoms with Crippen molar-refractivity contribution in [2.75, 3.05) is 11.9 Å². The molecule has 0 aliphatic rings. The summed E-state index contributed by atoms with van der Waals surface area (Å²) in [5, 5.41) is 2.52. The van der Waals surface area contributed by atoms with Gasteiger partial charge in [-0.3, -0.25) is 9.59 Å². The number of carbonyl (C=O) groups is 2. The minimum atomic E-state index is -0.740. The lowest BCUT2D eigenvalue weighted by Gasteiger charge is -2.08. The van der Waals surface area contributed by atoms with Gasteiger partial charge in [0.15, 0.2) is 0 Å². The number of carbonyl (C=O) groups excluding carboxylic acids is 2. The molecule has 1 aromatic heterocycles. The maximum atomic E-state index is 14.2. The Bertz CT molecular complexity index is 986. The summed E-state index contributed by atoms with van der Waals surface area (Å²) >= 11 is 1.26. The van der Waals surface area contributed by atoms with Gasteiger partial charge < -0.3 is 15.8 Å². The first-order chi connectivity index (χ1) is 13.0. The lowest BCUT2D eigenvalue weighted by atomic mass is 10.2. The Morgan fingerprint density at radius 1 is 1.15 bits per heavy atom. The number of thiophene rings is 1. The van der Waals surface area contributed by atoms with Gasteiger partial charge in [0.2, 0.25) is 5.91 Å². The largest absolute Gasteiger partial charge is 0.492 e. The zero-order valence-corrected chi connectivity index (χ0v) is 15.3. The number of halogens is 1. The number of primary amides is 1. The van der Waals surface area contributed by atoms with Crippen LogP contribution in [-0.2, 0) is 0 Å². The molecule has 5 nitrogen and oxygen atoms in total. The fourth-order valence-corrected chi connectivity index (χ4v) is 3.49. The molecule has 3 aromatic rings. The third kappa shape index (κ3) is 4.15. The molecule has 138 valence electrons. The van der Waals surface area contributed by atoms with E-state index in [-0.39, 0.29) is 11.3 Å². The molecule has 0 atom stereocenters. The number of benzene rings is 2. The minimum absolute atomic E-state index is 0.0305. The van der Waals surface area contributed by atoms with Crippen molar-refractivity contribution in [1.29, 1.82) is 0 Å². The molecule has 7 heteroatoms. The van der Waals surface area contributed by atoms with Crippen molar-refractivity contribution < 1.29 is 18.7 Å². The van der Waals surface area contributed by atoms with Gasteiger partial charge >= 0.3 is 0 Å². The van der Waals surface area contributed by atoms with E-state index in [1.54, 1.807) is 6.07 Å². The van der Waals surface area contributed by atoms with Gasteiger partial charge in [0, 0.05) is 10.4 Å². The predicted octanol–water partition coefficient (Wildman–Crippen LogP) is 4.30. The van der Waals surface area contributed by atoms with Crippen LogP contribution in [0.2, 0.25) is 0 Å². The number of nitrogens with one attached hydrogen (secondary N) is 1. The van der Waals surface area contributed by atoms with Gasteiger partial charge in [-0.15, -0.1) is 11.3 Å². The summed E-state index contributed by atoms with van der Waals surface area (Å²) in [6.07, 6.45) is 0. The maximum Gasteiger partial charge on any atom is 0.269 e. The molecule has 0 radical (unpaired) electrons. The van der Waals surface area contributed by atoms with E-state index >= 15 is 0 Å². The number of hydrogen-bond donors (Lipinski definition) is 2. The van der Waals surface area contributed by atoms with Crippen LogP contribution >= 0.6 is 11.3 Å². The van der Waals surface area contributed by atoms with Crippen molar-refractivity contribution in [2.24, 2.45) is 5.73 Å². The molecule has 1 heterocycles. The van der Waals surface area contributed by atoms with E-state index in [2.05, 4.69) is 5.32 Å². The van der Waals surface area contributed by atoms with Gasteiger partial charge in [0.1, 0.15) is 16.4 Å². The second-order valence-corrected chi connectivity index (χ2v) is 6.67. The van der Waals surface area contributed by atoms with Crippen LogP contribution in [-0.4, -0.2) is 18.4 Å². The van der Waals surface area contributed by atoms with Crippen molar-refractivity contribution in [3.8, 4) is 16.2 Å². The topological polar surface area (TPSA) is 81.4 Å².